The summed E-state index contributed by atoms with van der Waals surface area (Å²) >= 11 is 0. The molecule has 0 spiro atoms. The molecule has 1 N–H and O–H groups in total. The number of nitrogens with zero attached hydrogens (tertiary/aromatic N) is 2. The second-order valence-corrected chi connectivity index (χ2v) is 8.49. The molecule has 1 amide bonds. The first-order chi connectivity index (χ1) is 14.2. The Labute approximate surface area is 174 Å². The number of piperidine rings is 1. The predicted molar refractivity (Wildman–Crippen MR) is 117 cm³/mol. The minimum absolute atomic E-state index is 0.0454. The van der Waals surface area contributed by atoms with Gasteiger partial charge in [0, 0.05) is 25.1 Å². The van der Waals surface area contributed by atoms with E-state index in [1.54, 1.807) is 4.90 Å². The Morgan fingerprint density at radius 1 is 0.966 bits per heavy atom. The summed E-state index contributed by atoms with van der Waals surface area (Å²) < 4.78 is 0. The molecule has 0 radical (unpaired) electrons. The van der Waals surface area contributed by atoms with E-state index in [4.69, 9.17) is 0 Å². The van der Waals surface area contributed by atoms with E-state index in [2.05, 4.69) is 41.3 Å². The number of carbonyl (C=O) groups is 1. The number of hydrogen-bond donors (Lipinski definition) is 1. The molecule has 4 heteroatoms. The van der Waals surface area contributed by atoms with E-state index >= 15 is 0 Å². The van der Waals surface area contributed by atoms with Crippen LogP contribution in [0.1, 0.15) is 43.2 Å². The summed E-state index contributed by atoms with van der Waals surface area (Å²) in [6.07, 6.45) is 5.70. The topological polar surface area (TPSA) is 43.8 Å². The third kappa shape index (κ3) is 5.06. The molecule has 1 unspecified atom stereocenters. The maximum absolute atomic E-state index is 12.6. The van der Waals surface area contributed by atoms with Gasteiger partial charge in [0.2, 0.25) is 5.91 Å². The van der Waals surface area contributed by atoms with Crippen LogP contribution >= 0.6 is 0 Å². The number of benzene rings is 2. The highest BCUT2D eigenvalue weighted by Crippen LogP contribution is 2.29. The first-order valence-electron chi connectivity index (χ1n) is 11.0. The Morgan fingerprint density at radius 2 is 1.69 bits per heavy atom. The molecule has 2 heterocycles. The normalized spacial score (nSPS) is 19.6. The van der Waals surface area contributed by atoms with E-state index in [9.17, 15) is 9.90 Å². The van der Waals surface area contributed by atoms with Gasteiger partial charge in [0.05, 0.1) is 0 Å². The molecule has 154 valence electrons. The fourth-order valence-corrected chi connectivity index (χ4v) is 4.76. The Kier molecular flexibility index (Phi) is 6.63. The zero-order valence-electron chi connectivity index (χ0n) is 17.2. The van der Waals surface area contributed by atoms with Crippen molar-refractivity contribution < 1.29 is 9.90 Å². The SMILES string of the molecule is O=C1CCCc2ccccc2N1C(O)CCN1CCC(Cc2ccccc2)CC1. The van der Waals surface area contributed by atoms with Crippen molar-refractivity contribution in [2.75, 3.05) is 24.5 Å². The van der Waals surface area contributed by atoms with Crippen molar-refractivity contribution in [3.05, 3.63) is 65.7 Å². The molecular weight excluding hydrogens is 360 g/mol. The summed E-state index contributed by atoms with van der Waals surface area (Å²) in [5.74, 6) is 0.793. The van der Waals surface area contributed by atoms with Gasteiger partial charge in [-0.15, -0.1) is 0 Å². The summed E-state index contributed by atoms with van der Waals surface area (Å²) in [5.41, 5.74) is 3.49. The third-order valence-electron chi connectivity index (χ3n) is 6.43. The van der Waals surface area contributed by atoms with E-state index in [-0.39, 0.29) is 5.91 Å². The van der Waals surface area contributed by atoms with Crippen molar-refractivity contribution >= 4 is 11.6 Å². The number of amides is 1. The van der Waals surface area contributed by atoms with Gasteiger partial charge in [-0.1, -0.05) is 48.5 Å². The van der Waals surface area contributed by atoms with Gasteiger partial charge in [0.25, 0.3) is 0 Å². The second kappa shape index (κ2) is 9.55. The van der Waals surface area contributed by atoms with Gasteiger partial charge >= 0.3 is 0 Å². The molecule has 0 aliphatic carbocycles. The molecule has 1 saturated heterocycles. The number of fused-ring (bicyclic) bond motifs is 1. The monoisotopic (exact) mass is 392 g/mol. The van der Waals surface area contributed by atoms with Crippen molar-refractivity contribution in [2.24, 2.45) is 5.92 Å². The molecule has 4 rings (SSSR count). The van der Waals surface area contributed by atoms with Crippen molar-refractivity contribution in [1.29, 1.82) is 0 Å². The Balaban J connectivity index is 1.29. The molecule has 0 aromatic heterocycles. The standard InChI is InChI=1S/C25H32N2O2/c28-24-12-6-10-22-9-4-5-11-23(22)27(24)25(29)15-18-26-16-13-21(14-17-26)19-20-7-2-1-3-8-20/h1-5,7-9,11,21,25,29H,6,10,12-19H2. The molecule has 1 fully saturated rings. The van der Waals surface area contributed by atoms with Crippen molar-refractivity contribution in [3.8, 4) is 0 Å². The highest BCUT2D eigenvalue weighted by atomic mass is 16.3. The highest BCUT2D eigenvalue weighted by molar-refractivity contribution is 5.95. The maximum Gasteiger partial charge on any atom is 0.229 e. The van der Waals surface area contributed by atoms with Crippen LogP contribution in [0.5, 0.6) is 0 Å². The number of carbonyl (C=O) groups excluding carboxylic acids is 1. The van der Waals surface area contributed by atoms with Gasteiger partial charge in [-0.05, 0) is 68.3 Å². The van der Waals surface area contributed by atoms with Crippen LogP contribution in [0.2, 0.25) is 0 Å². The lowest BCUT2D eigenvalue weighted by atomic mass is 9.90. The molecule has 29 heavy (non-hydrogen) atoms. The number of anilines is 1. The molecule has 2 aromatic rings. The highest BCUT2D eigenvalue weighted by Gasteiger charge is 2.28. The van der Waals surface area contributed by atoms with E-state index in [1.165, 1.54) is 24.0 Å². The number of hydrogen-bond acceptors (Lipinski definition) is 3. The average Bonchev–Trinajstić information content (AvgIpc) is 2.92. The number of likely N-dealkylation sites (tertiary alicyclic amines) is 1. The summed E-state index contributed by atoms with van der Waals surface area (Å²) in [6.45, 7) is 2.99. The van der Waals surface area contributed by atoms with Crippen LogP contribution in [0.4, 0.5) is 5.69 Å². The molecule has 2 aliphatic rings. The van der Waals surface area contributed by atoms with E-state index in [0.29, 0.717) is 12.8 Å². The molecule has 2 aliphatic heterocycles. The van der Waals surface area contributed by atoms with E-state index in [1.807, 2.05) is 18.2 Å². The number of rotatable bonds is 6. The number of para-hydroxylation sites is 1. The third-order valence-corrected chi connectivity index (χ3v) is 6.43. The van der Waals surface area contributed by atoms with Crippen LogP contribution in [0.25, 0.3) is 0 Å². The number of aliphatic hydroxyl groups excluding tert-OH is 1. The first kappa shape index (κ1) is 20.1. The quantitative estimate of drug-likeness (QED) is 0.808. The minimum atomic E-state index is -0.746. The summed E-state index contributed by atoms with van der Waals surface area (Å²) in [7, 11) is 0. The smallest absolute Gasteiger partial charge is 0.229 e. The Morgan fingerprint density at radius 3 is 2.48 bits per heavy atom. The minimum Gasteiger partial charge on any atom is -0.373 e. The van der Waals surface area contributed by atoms with Crippen molar-refractivity contribution in [3.63, 3.8) is 0 Å². The van der Waals surface area contributed by atoms with Crippen molar-refractivity contribution in [1.82, 2.24) is 4.90 Å². The average molecular weight is 393 g/mol. The predicted octanol–water partition coefficient (Wildman–Crippen LogP) is 4.02. The van der Waals surface area contributed by atoms with Gasteiger partial charge in [-0.3, -0.25) is 9.69 Å². The van der Waals surface area contributed by atoms with Crippen LogP contribution in [0.3, 0.4) is 0 Å². The number of aryl methyl sites for hydroxylation is 1. The summed E-state index contributed by atoms with van der Waals surface area (Å²) in [6, 6.07) is 18.8. The van der Waals surface area contributed by atoms with Crippen LogP contribution in [0, 0.1) is 5.92 Å². The van der Waals surface area contributed by atoms with Gasteiger partial charge in [-0.2, -0.15) is 0 Å². The molecule has 4 nitrogen and oxygen atoms in total. The lowest BCUT2D eigenvalue weighted by Crippen LogP contribution is -2.43. The van der Waals surface area contributed by atoms with Crippen molar-refractivity contribution in [2.45, 2.75) is 51.2 Å². The fraction of sp³-hybridized carbons (Fsp3) is 0.480. The van der Waals surface area contributed by atoms with Gasteiger partial charge in [-0.25, -0.2) is 0 Å². The van der Waals surface area contributed by atoms with Gasteiger partial charge in [0.1, 0.15) is 6.23 Å². The van der Waals surface area contributed by atoms with Gasteiger partial charge in [0.15, 0.2) is 0 Å². The summed E-state index contributed by atoms with van der Waals surface area (Å²) in [4.78, 5) is 16.7. The Bertz CT molecular complexity index is 799. The fourth-order valence-electron chi connectivity index (χ4n) is 4.76. The molecule has 1 atom stereocenters. The summed E-state index contributed by atoms with van der Waals surface area (Å²) in [5, 5.41) is 10.9. The molecule has 0 saturated carbocycles. The number of aliphatic hydroxyl groups is 1. The lowest BCUT2D eigenvalue weighted by molar-refractivity contribution is -0.120. The Hall–Kier alpha value is -2.17. The largest absolute Gasteiger partial charge is 0.373 e. The van der Waals surface area contributed by atoms with Crippen LogP contribution in [0.15, 0.2) is 54.6 Å². The molecule has 2 aromatic carbocycles. The van der Waals surface area contributed by atoms with Gasteiger partial charge < -0.3 is 10.0 Å². The second-order valence-electron chi connectivity index (χ2n) is 8.49. The zero-order chi connectivity index (χ0) is 20.1. The molecule has 0 bridgehead atoms. The van der Waals surface area contributed by atoms with E-state index < -0.39 is 6.23 Å². The zero-order valence-corrected chi connectivity index (χ0v) is 17.2. The molecular formula is C25H32N2O2. The lowest BCUT2D eigenvalue weighted by Gasteiger charge is -2.34. The maximum atomic E-state index is 12.6. The first-order valence-corrected chi connectivity index (χ1v) is 11.0. The van der Waals surface area contributed by atoms with Crippen LogP contribution < -0.4 is 4.90 Å². The van der Waals surface area contributed by atoms with Crippen LogP contribution in [-0.2, 0) is 17.6 Å². The van der Waals surface area contributed by atoms with E-state index in [0.717, 1.165) is 50.5 Å². The van der Waals surface area contributed by atoms with Crippen LogP contribution in [-0.4, -0.2) is 41.8 Å².